The molecule has 2 heterocycles. The van der Waals surface area contributed by atoms with E-state index in [1.807, 2.05) is 24.0 Å². The summed E-state index contributed by atoms with van der Waals surface area (Å²) < 4.78 is 38.7. The molecule has 138 valence electrons. The summed E-state index contributed by atoms with van der Waals surface area (Å²) in [5.41, 5.74) is 2.08. The second kappa shape index (κ2) is 7.61. The van der Waals surface area contributed by atoms with Crippen LogP contribution < -0.4 is 4.90 Å². The molecule has 1 aliphatic rings. The first-order chi connectivity index (χ1) is 12.3. The summed E-state index contributed by atoms with van der Waals surface area (Å²) in [5.74, 6) is 0. The van der Waals surface area contributed by atoms with E-state index in [1.165, 1.54) is 12.1 Å². The van der Waals surface area contributed by atoms with Crippen molar-refractivity contribution in [2.24, 2.45) is 0 Å². The molecule has 1 saturated heterocycles. The number of rotatable bonds is 3. The van der Waals surface area contributed by atoms with Crippen LogP contribution in [0.5, 0.6) is 0 Å². The zero-order valence-corrected chi connectivity index (χ0v) is 15.3. The number of halogens is 3. The van der Waals surface area contributed by atoms with Gasteiger partial charge in [0.1, 0.15) is 0 Å². The minimum Gasteiger partial charge on any atom is -0.368 e. The SMILES string of the molecule is Cc1ccnc(CC(=S)N2CCN(c3cccc(C(F)(F)F)c3)CC2)c1. The molecule has 0 atom stereocenters. The van der Waals surface area contributed by atoms with Crippen molar-refractivity contribution < 1.29 is 13.2 Å². The third-order valence-electron chi connectivity index (χ3n) is 4.48. The molecule has 1 aliphatic heterocycles. The third kappa shape index (κ3) is 4.52. The number of aryl methyl sites for hydroxylation is 1. The Morgan fingerprint density at radius 1 is 1.12 bits per heavy atom. The van der Waals surface area contributed by atoms with Gasteiger partial charge in [0.15, 0.2) is 0 Å². The lowest BCUT2D eigenvalue weighted by Gasteiger charge is -2.37. The van der Waals surface area contributed by atoms with Gasteiger partial charge in [-0.25, -0.2) is 0 Å². The van der Waals surface area contributed by atoms with E-state index in [-0.39, 0.29) is 0 Å². The van der Waals surface area contributed by atoms with Gasteiger partial charge in [0.25, 0.3) is 0 Å². The second-order valence-electron chi connectivity index (χ2n) is 6.42. The number of pyridine rings is 1. The Morgan fingerprint density at radius 2 is 1.85 bits per heavy atom. The van der Waals surface area contributed by atoms with E-state index < -0.39 is 11.7 Å². The fraction of sp³-hybridized carbons (Fsp3) is 0.368. The molecule has 0 amide bonds. The van der Waals surface area contributed by atoms with Gasteiger partial charge >= 0.3 is 6.18 Å². The van der Waals surface area contributed by atoms with Crippen LogP contribution in [0.15, 0.2) is 42.6 Å². The monoisotopic (exact) mass is 379 g/mol. The Hall–Kier alpha value is -2.15. The molecule has 0 N–H and O–H groups in total. The molecule has 1 aromatic carbocycles. The van der Waals surface area contributed by atoms with Gasteiger partial charge in [-0.05, 0) is 42.8 Å². The van der Waals surface area contributed by atoms with Crippen molar-refractivity contribution >= 4 is 22.9 Å². The summed E-state index contributed by atoms with van der Waals surface area (Å²) in [6.07, 6.45) is -1.93. The van der Waals surface area contributed by atoms with E-state index in [9.17, 15) is 13.2 Å². The van der Waals surface area contributed by atoms with Gasteiger partial charge in [-0.2, -0.15) is 13.2 Å². The molecular weight excluding hydrogens is 359 g/mol. The smallest absolute Gasteiger partial charge is 0.368 e. The van der Waals surface area contributed by atoms with Crippen molar-refractivity contribution in [2.45, 2.75) is 19.5 Å². The van der Waals surface area contributed by atoms with Crippen LogP contribution in [0.4, 0.5) is 18.9 Å². The van der Waals surface area contributed by atoms with Crippen molar-refractivity contribution in [1.29, 1.82) is 0 Å². The van der Waals surface area contributed by atoms with Crippen molar-refractivity contribution in [1.82, 2.24) is 9.88 Å². The van der Waals surface area contributed by atoms with Crippen molar-refractivity contribution in [3.05, 3.63) is 59.4 Å². The Balaban J connectivity index is 1.60. The van der Waals surface area contributed by atoms with Crippen LogP contribution in [0.25, 0.3) is 0 Å². The minimum absolute atomic E-state index is 0.603. The molecule has 26 heavy (non-hydrogen) atoms. The molecule has 3 nitrogen and oxygen atoms in total. The van der Waals surface area contributed by atoms with Gasteiger partial charge in [-0.1, -0.05) is 18.3 Å². The van der Waals surface area contributed by atoms with Gasteiger partial charge in [0.05, 0.1) is 10.6 Å². The quantitative estimate of drug-likeness (QED) is 0.748. The fourth-order valence-corrected chi connectivity index (χ4v) is 3.39. The summed E-state index contributed by atoms with van der Waals surface area (Å²) >= 11 is 5.54. The highest BCUT2D eigenvalue weighted by Crippen LogP contribution is 2.31. The summed E-state index contributed by atoms with van der Waals surface area (Å²) in [6, 6.07) is 9.46. The van der Waals surface area contributed by atoms with E-state index in [4.69, 9.17) is 12.2 Å². The molecule has 3 rings (SSSR count). The predicted octanol–water partition coefficient (Wildman–Crippen LogP) is 4.10. The van der Waals surface area contributed by atoms with Gasteiger partial charge in [-0.3, -0.25) is 4.98 Å². The lowest BCUT2D eigenvalue weighted by Crippen LogP contribution is -2.48. The van der Waals surface area contributed by atoms with Crippen molar-refractivity contribution in [3.8, 4) is 0 Å². The van der Waals surface area contributed by atoms with Crippen LogP contribution >= 0.6 is 12.2 Å². The summed E-state index contributed by atoms with van der Waals surface area (Å²) in [7, 11) is 0. The van der Waals surface area contributed by atoms with Gasteiger partial charge in [0, 0.05) is 50.2 Å². The Bertz CT molecular complexity index is 784. The van der Waals surface area contributed by atoms with Crippen LogP contribution in [0, 0.1) is 6.92 Å². The van der Waals surface area contributed by atoms with E-state index in [0.29, 0.717) is 38.3 Å². The van der Waals surface area contributed by atoms with E-state index in [2.05, 4.69) is 9.88 Å². The molecule has 1 fully saturated rings. The predicted molar refractivity (Wildman–Crippen MR) is 101 cm³/mol. The van der Waals surface area contributed by atoms with Gasteiger partial charge in [0.2, 0.25) is 0 Å². The maximum absolute atomic E-state index is 12.9. The number of benzene rings is 1. The van der Waals surface area contributed by atoms with Crippen LogP contribution in [-0.2, 0) is 12.6 Å². The number of piperazine rings is 1. The Kier molecular flexibility index (Phi) is 5.46. The average molecular weight is 379 g/mol. The van der Waals surface area contributed by atoms with Crippen LogP contribution in [0.2, 0.25) is 0 Å². The first-order valence-electron chi connectivity index (χ1n) is 8.44. The van der Waals surface area contributed by atoms with Crippen LogP contribution in [0.3, 0.4) is 0 Å². The van der Waals surface area contributed by atoms with Gasteiger partial charge < -0.3 is 9.80 Å². The molecule has 7 heteroatoms. The molecule has 0 bridgehead atoms. The van der Waals surface area contributed by atoms with Gasteiger partial charge in [-0.15, -0.1) is 0 Å². The first-order valence-corrected chi connectivity index (χ1v) is 8.85. The summed E-state index contributed by atoms with van der Waals surface area (Å²) in [4.78, 5) is 9.25. The molecule has 0 aliphatic carbocycles. The number of thiocarbonyl (C=S) groups is 1. The highest BCUT2D eigenvalue weighted by atomic mass is 32.1. The number of alkyl halides is 3. The van der Waals surface area contributed by atoms with E-state index >= 15 is 0 Å². The average Bonchev–Trinajstić information content (AvgIpc) is 2.61. The first kappa shape index (κ1) is 18.6. The highest BCUT2D eigenvalue weighted by molar-refractivity contribution is 7.80. The zero-order chi connectivity index (χ0) is 18.7. The summed E-state index contributed by atoms with van der Waals surface area (Å²) in [6.45, 7) is 4.69. The molecule has 0 radical (unpaired) electrons. The van der Waals surface area contributed by atoms with E-state index in [0.717, 1.165) is 22.3 Å². The number of hydrogen-bond donors (Lipinski definition) is 0. The fourth-order valence-electron chi connectivity index (χ4n) is 3.06. The van der Waals surface area contributed by atoms with E-state index in [1.54, 1.807) is 12.3 Å². The summed E-state index contributed by atoms with van der Waals surface area (Å²) in [5, 5.41) is 0. The maximum atomic E-state index is 12.9. The highest BCUT2D eigenvalue weighted by Gasteiger charge is 2.31. The Labute approximate surface area is 156 Å². The minimum atomic E-state index is -4.32. The van der Waals surface area contributed by atoms with Crippen LogP contribution in [-0.4, -0.2) is 41.1 Å². The van der Waals surface area contributed by atoms with Crippen molar-refractivity contribution in [2.75, 3.05) is 31.1 Å². The lowest BCUT2D eigenvalue weighted by atomic mass is 10.1. The molecule has 2 aromatic rings. The molecular formula is C19H20F3N3S. The molecule has 0 saturated carbocycles. The molecule has 1 aromatic heterocycles. The third-order valence-corrected chi connectivity index (χ3v) is 4.88. The zero-order valence-electron chi connectivity index (χ0n) is 14.5. The Morgan fingerprint density at radius 3 is 2.50 bits per heavy atom. The maximum Gasteiger partial charge on any atom is 0.416 e. The normalized spacial score (nSPS) is 15.2. The lowest BCUT2D eigenvalue weighted by molar-refractivity contribution is -0.137. The standard InChI is InChI=1S/C19H20F3N3S/c1-14-5-6-23-16(11-14)13-18(26)25-9-7-24(8-10-25)17-4-2-3-15(12-17)19(20,21)22/h2-6,11-12H,7-10,13H2,1H3. The molecule has 0 unspecified atom stereocenters. The number of hydrogen-bond acceptors (Lipinski definition) is 3. The number of aromatic nitrogens is 1. The molecule has 0 spiro atoms. The number of nitrogens with zero attached hydrogens (tertiary/aromatic N) is 3. The largest absolute Gasteiger partial charge is 0.416 e. The number of anilines is 1. The second-order valence-corrected chi connectivity index (χ2v) is 6.89. The van der Waals surface area contributed by atoms with Crippen LogP contribution in [0.1, 0.15) is 16.8 Å². The van der Waals surface area contributed by atoms with Crippen molar-refractivity contribution in [3.63, 3.8) is 0 Å². The topological polar surface area (TPSA) is 19.4 Å².